The number of unbranched alkanes of at least 4 members (excludes halogenated alkanes) is 1. The molecule has 0 rings (SSSR count). The van der Waals surface area contributed by atoms with Crippen molar-refractivity contribution in [1.29, 1.82) is 0 Å². The van der Waals surface area contributed by atoms with E-state index in [1.165, 1.54) is 19.8 Å². The molecule has 0 fully saturated rings. The minimum atomic E-state index is -0.560. The number of ether oxygens (including phenoxy) is 2. The summed E-state index contributed by atoms with van der Waals surface area (Å²) in [4.78, 5) is 0. The van der Waals surface area contributed by atoms with Crippen LogP contribution in [0, 0.1) is 0 Å². The summed E-state index contributed by atoms with van der Waals surface area (Å²) in [5, 5.41) is 31.3. The zero-order chi connectivity index (χ0) is 23.5. The van der Waals surface area contributed by atoms with Crippen LogP contribution in [0.2, 0.25) is 0 Å². The van der Waals surface area contributed by atoms with Gasteiger partial charge in [0.1, 0.15) is 0 Å². The molecule has 0 spiro atoms. The van der Waals surface area contributed by atoms with Gasteiger partial charge in [-0.05, 0) is 47.5 Å². The van der Waals surface area contributed by atoms with Gasteiger partial charge in [0, 0.05) is 26.4 Å². The molecule has 4 N–H and O–H groups in total. The Labute approximate surface area is 175 Å². The van der Waals surface area contributed by atoms with E-state index in [1.807, 2.05) is 27.7 Å². The van der Waals surface area contributed by atoms with Crippen LogP contribution >= 0.6 is 0 Å². The third kappa shape index (κ3) is 174. The molecule has 0 saturated heterocycles. The molecule has 6 nitrogen and oxygen atoms in total. The van der Waals surface area contributed by atoms with E-state index < -0.39 is 6.10 Å². The predicted molar refractivity (Wildman–Crippen MR) is 123 cm³/mol. The van der Waals surface area contributed by atoms with Crippen LogP contribution in [0.5, 0.6) is 0 Å². The number of hydrogen-bond acceptors (Lipinski definition) is 6. The molecule has 1 atom stereocenters. The van der Waals surface area contributed by atoms with E-state index in [9.17, 15) is 0 Å². The van der Waals surface area contributed by atoms with Crippen LogP contribution in [0.25, 0.3) is 0 Å². The molecule has 0 aliphatic carbocycles. The maximum atomic E-state index is 8.11. The van der Waals surface area contributed by atoms with E-state index in [0.29, 0.717) is 0 Å². The fraction of sp³-hybridized carbons (Fsp3) is 0.818. The molecular formula is C22H52O6. The highest BCUT2D eigenvalue weighted by molar-refractivity contribution is 4.52. The summed E-state index contributed by atoms with van der Waals surface area (Å²) < 4.78 is 10.1. The normalized spacial score (nSPS) is 8.96. The van der Waals surface area contributed by atoms with Gasteiger partial charge in [-0.2, -0.15) is 0 Å². The Kier molecular flexibility index (Phi) is 94.1. The molecular weight excluding hydrogens is 360 g/mol. The van der Waals surface area contributed by atoms with Crippen molar-refractivity contribution in [2.75, 3.05) is 46.2 Å². The second-order valence-electron chi connectivity index (χ2n) is 5.04. The van der Waals surface area contributed by atoms with Crippen LogP contribution < -0.4 is 0 Å². The first-order valence-electron chi connectivity index (χ1n) is 10.1. The van der Waals surface area contributed by atoms with E-state index in [-0.39, 0.29) is 19.8 Å². The third-order valence-electron chi connectivity index (χ3n) is 1.76. The first kappa shape index (κ1) is 41.6. The van der Waals surface area contributed by atoms with Gasteiger partial charge in [-0.3, -0.25) is 0 Å². The molecule has 0 aromatic heterocycles. The highest BCUT2D eigenvalue weighted by Crippen LogP contribution is 1.88. The lowest BCUT2D eigenvalue weighted by atomic mass is 10.4. The van der Waals surface area contributed by atoms with Crippen LogP contribution in [0.4, 0.5) is 0 Å². The van der Waals surface area contributed by atoms with Gasteiger partial charge in [0.25, 0.3) is 0 Å². The van der Waals surface area contributed by atoms with Gasteiger partial charge in [0.2, 0.25) is 0 Å². The van der Waals surface area contributed by atoms with Crippen molar-refractivity contribution in [3.8, 4) is 0 Å². The van der Waals surface area contributed by atoms with Crippen molar-refractivity contribution in [1.82, 2.24) is 0 Å². The Morgan fingerprint density at radius 2 is 1.14 bits per heavy atom. The summed E-state index contributed by atoms with van der Waals surface area (Å²) in [6, 6.07) is 0. The first-order chi connectivity index (χ1) is 13.3. The Hall–Kier alpha value is -0.760. The zero-order valence-electron chi connectivity index (χ0n) is 19.8. The number of aliphatic hydroxyl groups is 4. The molecule has 0 radical (unpaired) electrons. The smallest absolute Gasteiger partial charge is 0.0742 e. The maximum absolute atomic E-state index is 8.11. The molecule has 0 aliphatic heterocycles. The van der Waals surface area contributed by atoms with Gasteiger partial charge in [-0.25, -0.2) is 0 Å². The van der Waals surface area contributed by atoms with Crippen molar-refractivity contribution in [3.63, 3.8) is 0 Å². The van der Waals surface area contributed by atoms with Gasteiger partial charge >= 0.3 is 0 Å². The lowest BCUT2D eigenvalue weighted by Gasteiger charge is -1.97. The molecule has 0 aromatic rings. The highest BCUT2D eigenvalue weighted by atomic mass is 16.5. The first-order valence-corrected chi connectivity index (χ1v) is 10.1. The van der Waals surface area contributed by atoms with Crippen molar-refractivity contribution < 1.29 is 29.9 Å². The lowest BCUT2D eigenvalue weighted by Crippen LogP contribution is -2.03. The van der Waals surface area contributed by atoms with E-state index >= 15 is 0 Å². The Balaban J connectivity index is -0.0000000541. The average molecular weight is 413 g/mol. The number of hydrogen-bond donors (Lipinski definition) is 4. The summed E-state index contributed by atoms with van der Waals surface area (Å²) in [6.45, 7) is 23.5. The number of allylic oxidation sites excluding steroid dienone is 2. The molecule has 176 valence electrons. The lowest BCUT2D eigenvalue weighted by molar-refractivity contribution is 0.110. The molecule has 6 heteroatoms. The van der Waals surface area contributed by atoms with Crippen LogP contribution in [-0.4, -0.2) is 72.8 Å². The fourth-order valence-corrected chi connectivity index (χ4v) is 0.697. The molecule has 0 aromatic carbocycles. The molecule has 28 heavy (non-hydrogen) atoms. The van der Waals surface area contributed by atoms with Gasteiger partial charge in [0.05, 0.1) is 25.9 Å². The topological polar surface area (TPSA) is 99.4 Å². The Morgan fingerprint density at radius 3 is 1.29 bits per heavy atom. The van der Waals surface area contributed by atoms with E-state index in [1.54, 1.807) is 12.2 Å². The van der Waals surface area contributed by atoms with Gasteiger partial charge in [0.15, 0.2) is 0 Å². The molecule has 0 saturated carbocycles. The Bertz CT molecular complexity index is 183. The molecule has 0 bridgehead atoms. The van der Waals surface area contributed by atoms with E-state index in [4.69, 9.17) is 29.9 Å². The van der Waals surface area contributed by atoms with Crippen LogP contribution in [0.3, 0.4) is 0 Å². The monoisotopic (exact) mass is 412 g/mol. The molecule has 0 aliphatic rings. The largest absolute Gasteiger partial charge is 0.394 e. The Morgan fingerprint density at radius 1 is 0.786 bits per heavy atom. The third-order valence-corrected chi connectivity index (χ3v) is 1.76. The van der Waals surface area contributed by atoms with Gasteiger partial charge < -0.3 is 29.9 Å². The minimum Gasteiger partial charge on any atom is -0.394 e. The SMILES string of the molecule is C=CC.C=CC.CC(O)CO.CCCCOCCC.CCOCC.OCCO. The minimum absolute atomic E-state index is 0.125. The van der Waals surface area contributed by atoms with Gasteiger partial charge in [-0.1, -0.05) is 32.4 Å². The summed E-state index contributed by atoms with van der Waals surface area (Å²) in [5.41, 5.74) is 0. The summed E-state index contributed by atoms with van der Waals surface area (Å²) >= 11 is 0. The number of aliphatic hydroxyl groups excluding tert-OH is 4. The highest BCUT2D eigenvalue weighted by Gasteiger charge is 1.83. The van der Waals surface area contributed by atoms with E-state index in [2.05, 4.69) is 27.0 Å². The van der Waals surface area contributed by atoms with Gasteiger partial charge in [-0.15, -0.1) is 13.2 Å². The van der Waals surface area contributed by atoms with Crippen molar-refractivity contribution >= 4 is 0 Å². The maximum Gasteiger partial charge on any atom is 0.0742 e. The van der Waals surface area contributed by atoms with Crippen molar-refractivity contribution in [3.05, 3.63) is 25.3 Å². The van der Waals surface area contributed by atoms with Crippen molar-refractivity contribution in [2.24, 2.45) is 0 Å². The number of rotatable bonds is 9. The summed E-state index contributed by atoms with van der Waals surface area (Å²) in [7, 11) is 0. The van der Waals surface area contributed by atoms with Crippen LogP contribution in [-0.2, 0) is 9.47 Å². The second kappa shape index (κ2) is 63.4. The summed E-state index contributed by atoms with van der Waals surface area (Å²) in [6.07, 6.45) is 6.53. The van der Waals surface area contributed by atoms with Crippen LogP contribution in [0.15, 0.2) is 25.3 Å². The van der Waals surface area contributed by atoms with E-state index in [0.717, 1.165) is 32.8 Å². The molecule has 0 amide bonds. The summed E-state index contributed by atoms with van der Waals surface area (Å²) in [5.74, 6) is 0. The predicted octanol–water partition coefficient (Wildman–Crippen LogP) is 3.97. The standard InChI is InChI=1S/C7H16O.C4H10O.C3H8O2.2C3H6.C2H6O2/c1-3-5-7-8-6-4-2;1-3-5-4-2;1-3(5)2-4;2*1-3-2;3-1-2-4/h3-7H2,1-2H3;3-4H2,1-2H3;3-5H,2H2,1H3;2*3H,1H2,2H3;3-4H,1-2H2. The zero-order valence-corrected chi connectivity index (χ0v) is 19.8. The second-order valence-corrected chi connectivity index (χ2v) is 5.04. The van der Waals surface area contributed by atoms with Crippen LogP contribution in [0.1, 0.15) is 67.7 Å². The molecule has 0 heterocycles. The average Bonchev–Trinajstić information content (AvgIpc) is 2.68. The van der Waals surface area contributed by atoms with Crippen molar-refractivity contribution in [2.45, 2.75) is 73.8 Å². The molecule has 1 unspecified atom stereocenters. The quantitative estimate of drug-likeness (QED) is 0.338. The fourth-order valence-electron chi connectivity index (χ4n) is 0.697.